The molecule has 0 fully saturated rings. The number of rotatable bonds is 3. The highest BCUT2D eigenvalue weighted by molar-refractivity contribution is 6.12. The Hall–Kier alpha value is -1.71. The van der Waals surface area contributed by atoms with Gasteiger partial charge in [-0.2, -0.15) is 0 Å². The maximum absolute atomic E-state index is 13.5. The number of hydrogen-bond acceptors (Lipinski definition) is 3. The van der Waals surface area contributed by atoms with Crippen LogP contribution in [0.25, 0.3) is 0 Å². The molecule has 0 amide bonds. The molecule has 0 radical (unpaired) electrons. The van der Waals surface area contributed by atoms with Crippen LogP contribution in [0.1, 0.15) is 29.8 Å². The fourth-order valence-electron chi connectivity index (χ4n) is 2.02. The molecule has 0 saturated carbocycles. The fourth-order valence-corrected chi connectivity index (χ4v) is 2.02. The van der Waals surface area contributed by atoms with Gasteiger partial charge in [-0.05, 0) is 24.0 Å². The van der Waals surface area contributed by atoms with Gasteiger partial charge in [0.15, 0.2) is 5.78 Å². The summed E-state index contributed by atoms with van der Waals surface area (Å²) < 4.78 is 18.6. The molecule has 0 heterocycles. The van der Waals surface area contributed by atoms with E-state index in [9.17, 15) is 14.0 Å². The molecule has 1 aromatic rings. The van der Waals surface area contributed by atoms with Crippen LogP contribution in [0.4, 0.5) is 4.39 Å². The second-order valence-electron chi connectivity index (χ2n) is 4.91. The highest BCUT2D eigenvalue weighted by Crippen LogP contribution is 2.29. The van der Waals surface area contributed by atoms with Crippen molar-refractivity contribution in [3.05, 3.63) is 35.1 Å². The number of ketones is 1. The van der Waals surface area contributed by atoms with E-state index < -0.39 is 17.7 Å². The van der Waals surface area contributed by atoms with Crippen LogP contribution in [0.15, 0.2) is 18.2 Å². The summed E-state index contributed by atoms with van der Waals surface area (Å²) in [6.45, 7) is 4.11. The second-order valence-corrected chi connectivity index (χ2v) is 4.91. The first-order valence-electron chi connectivity index (χ1n) is 5.99. The van der Waals surface area contributed by atoms with Crippen molar-refractivity contribution in [1.82, 2.24) is 0 Å². The molecule has 0 spiro atoms. The van der Waals surface area contributed by atoms with Crippen molar-refractivity contribution >= 4 is 11.8 Å². The lowest BCUT2D eigenvalue weighted by Gasteiger charge is -2.10. The third kappa shape index (κ3) is 2.28. The quantitative estimate of drug-likeness (QED) is 0.611. The van der Waals surface area contributed by atoms with Crippen LogP contribution >= 0.6 is 0 Å². The summed E-state index contributed by atoms with van der Waals surface area (Å²) in [5.41, 5.74) is 0.635. The molecular weight excluding hydrogens is 235 g/mol. The van der Waals surface area contributed by atoms with E-state index in [1.807, 2.05) is 13.8 Å². The number of carbonyl (C=O) groups is 2. The van der Waals surface area contributed by atoms with E-state index in [2.05, 4.69) is 0 Å². The van der Waals surface area contributed by atoms with Gasteiger partial charge in [-0.1, -0.05) is 26.0 Å². The summed E-state index contributed by atoms with van der Waals surface area (Å²) in [6, 6.07) is 4.33. The maximum atomic E-state index is 13.5. The number of benzene rings is 1. The van der Waals surface area contributed by atoms with Gasteiger partial charge in [0.2, 0.25) is 0 Å². The Kier molecular flexibility index (Phi) is 3.45. The Labute approximate surface area is 105 Å². The minimum Gasteiger partial charge on any atom is -0.465 e. The minimum atomic E-state index is -0.879. The summed E-state index contributed by atoms with van der Waals surface area (Å²) in [7, 11) is 0. The molecule has 0 bridgehead atoms. The van der Waals surface area contributed by atoms with E-state index in [1.165, 1.54) is 12.1 Å². The van der Waals surface area contributed by atoms with Crippen LogP contribution in [-0.4, -0.2) is 18.4 Å². The van der Waals surface area contributed by atoms with Gasteiger partial charge >= 0.3 is 5.97 Å². The van der Waals surface area contributed by atoms with Crippen LogP contribution in [-0.2, 0) is 16.0 Å². The first-order valence-corrected chi connectivity index (χ1v) is 5.99. The lowest BCUT2D eigenvalue weighted by atomic mass is 10.1. The minimum absolute atomic E-state index is 0.109. The zero-order valence-corrected chi connectivity index (χ0v) is 10.4. The van der Waals surface area contributed by atoms with Crippen molar-refractivity contribution in [2.45, 2.75) is 20.3 Å². The van der Waals surface area contributed by atoms with Crippen LogP contribution in [0.3, 0.4) is 0 Å². The highest BCUT2D eigenvalue weighted by Gasteiger charge is 2.38. The predicted molar refractivity (Wildman–Crippen MR) is 63.7 cm³/mol. The van der Waals surface area contributed by atoms with Gasteiger partial charge in [-0.3, -0.25) is 9.59 Å². The molecular formula is C14H15FO3. The number of carbonyl (C=O) groups excluding carboxylic acids is 2. The number of ether oxygens (including phenoxy) is 1. The average Bonchev–Trinajstić information content (AvgIpc) is 2.66. The largest absolute Gasteiger partial charge is 0.465 e. The molecule has 1 aromatic carbocycles. The lowest BCUT2D eigenvalue weighted by Crippen LogP contribution is -2.24. The molecule has 1 aliphatic carbocycles. The Bertz CT molecular complexity index is 494. The molecule has 0 aromatic heterocycles. The fraction of sp³-hybridized carbons (Fsp3) is 0.429. The molecule has 0 N–H and O–H groups in total. The molecule has 18 heavy (non-hydrogen) atoms. The molecule has 1 unspecified atom stereocenters. The van der Waals surface area contributed by atoms with Crippen LogP contribution in [0.2, 0.25) is 0 Å². The van der Waals surface area contributed by atoms with Crippen LogP contribution in [0.5, 0.6) is 0 Å². The van der Waals surface area contributed by atoms with Gasteiger partial charge < -0.3 is 4.74 Å². The van der Waals surface area contributed by atoms with Gasteiger partial charge in [0.05, 0.1) is 6.61 Å². The molecule has 1 atom stereocenters. The number of fused-ring (bicyclic) bond motifs is 1. The lowest BCUT2D eigenvalue weighted by molar-refractivity contribution is -0.147. The van der Waals surface area contributed by atoms with Gasteiger partial charge in [0.25, 0.3) is 0 Å². The third-order valence-electron chi connectivity index (χ3n) is 2.95. The van der Waals surface area contributed by atoms with Gasteiger partial charge in [0, 0.05) is 5.56 Å². The van der Waals surface area contributed by atoms with E-state index in [0.717, 1.165) is 0 Å². The standard InChI is InChI=1S/C14H15FO3/c1-8(2)7-18-14(17)11-6-10-9(13(11)16)4-3-5-12(10)15/h3-5,8,11H,6-7H2,1-2H3. The van der Waals surface area contributed by atoms with Crippen molar-refractivity contribution in [3.63, 3.8) is 0 Å². The number of halogens is 1. The van der Waals surface area contributed by atoms with E-state index in [4.69, 9.17) is 4.74 Å². The van der Waals surface area contributed by atoms with Gasteiger partial charge in [-0.15, -0.1) is 0 Å². The zero-order valence-electron chi connectivity index (χ0n) is 10.4. The van der Waals surface area contributed by atoms with Crippen molar-refractivity contribution < 1.29 is 18.7 Å². The number of hydrogen-bond donors (Lipinski definition) is 0. The molecule has 96 valence electrons. The smallest absolute Gasteiger partial charge is 0.317 e. The van der Waals surface area contributed by atoms with Crippen LogP contribution < -0.4 is 0 Å². The molecule has 3 nitrogen and oxygen atoms in total. The SMILES string of the molecule is CC(C)COC(=O)C1Cc2c(F)cccc2C1=O. The van der Waals surface area contributed by atoms with Crippen LogP contribution in [0, 0.1) is 17.7 Å². The topological polar surface area (TPSA) is 43.4 Å². The molecule has 1 aliphatic rings. The van der Waals surface area contributed by atoms with Crippen molar-refractivity contribution in [1.29, 1.82) is 0 Å². The average molecular weight is 250 g/mol. The maximum Gasteiger partial charge on any atom is 0.317 e. The zero-order chi connectivity index (χ0) is 13.3. The summed E-state index contributed by atoms with van der Waals surface area (Å²) >= 11 is 0. The van der Waals surface area contributed by atoms with E-state index in [1.54, 1.807) is 6.07 Å². The summed E-state index contributed by atoms with van der Waals surface area (Å²) in [6.07, 6.45) is 0.109. The molecule has 0 saturated heterocycles. The van der Waals surface area contributed by atoms with E-state index in [-0.39, 0.29) is 24.7 Å². The number of Topliss-reactive ketones (excluding diaryl/α,β-unsaturated/α-hetero) is 1. The Morgan fingerprint density at radius 3 is 2.83 bits per heavy atom. The highest BCUT2D eigenvalue weighted by atomic mass is 19.1. The van der Waals surface area contributed by atoms with E-state index in [0.29, 0.717) is 11.1 Å². The molecule has 4 heteroatoms. The van der Waals surface area contributed by atoms with Gasteiger partial charge in [0.1, 0.15) is 11.7 Å². The molecule has 0 aliphatic heterocycles. The summed E-state index contributed by atoms with van der Waals surface area (Å²) in [4.78, 5) is 23.7. The monoisotopic (exact) mass is 250 g/mol. The van der Waals surface area contributed by atoms with Gasteiger partial charge in [-0.25, -0.2) is 4.39 Å². The Morgan fingerprint density at radius 1 is 1.50 bits per heavy atom. The Balaban J connectivity index is 2.14. The summed E-state index contributed by atoms with van der Waals surface area (Å²) in [5.74, 6) is -1.98. The summed E-state index contributed by atoms with van der Waals surface area (Å²) in [5, 5.41) is 0. The van der Waals surface area contributed by atoms with Crippen molar-refractivity contribution in [2.24, 2.45) is 11.8 Å². The van der Waals surface area contributed by atoms with E-state index >= 15 is 0 Å². The normalized spacial score (nSPS) is 18.0. The predicted octanol–water partition coefficient (Wildman–Crippen LogP) is 2.38. The Morgan fingerprint density at radius 2 is 2.22 bits per heavy atom. The second kappa shape index (κ2) is 4.88. The van der Waals surface area contributed by atoms with Crippen molar-refractivity contribution in [3.8, 4) is 0 Å². The third-order valence-corrected chi connectivity index (χ3v) is 2.95. The van der Waals surface area contributed by atoms with Crippen molar-refractivity contribution in [2.75, 3.05) is 6.61 Å². The first-order chi connectivity index (χ1) is 8.50. The number of esters is 1. The first kappa shape index (κ1) is 12.7. The molecule has 2 rings (SSSR count).